The van der Waals surface area contributed by atoms with Crippen molar-refractivity contribution in [3.63, 3.8) is 0 Å². The third kappa shape index (κ3) is 2.62. The molecule has 96 valence electrons. The van der Waals surface area contributed by atoms with Crippen LogP contribution in [0.2, 0.25) is 0 Å². The van der Waals surface area contributed by atoms with E-state index in [1.807, 2.05) is 45.0 Å². The number of hydrogen-bond acceptors (Lipinski definition) is 4. The number of rotatable bonds is 2. The minimum Gasteiger partial charge on any atom is -0.337 e. The Labute approximate surface area is 115 Å². The summed E-state index contributed by atoms with van der Waals surface area (Å²) in [4.78, 5) is 4.37. The predicted molar refractivity (Wildman–Crippen MR) is 73.8 cm³/mol. The summed E-state index contributed by atoms with van der Waals surface area (Å²) in [5.41, 5.74) is 6.88. The van der Waals surface area contributed by atoms with Gasteiger partial charge in [0.2, 0.25) is 11.7 Å². The molecule has 0 spiro atoms. The van der Waals surface area contributed by atoms with Crippen LogP contribution >= 0.6 is 15.9 Å². The lowest BCUT2D eigenvalue weighted by Crippen LogP contribution is -2.26. The van der Waals surface area contributed by atoms with Crippen molar-refractivity contribution >= 4 is 15.9 Å². The van der Waals surface area contributed by atoms with Gasteiger partial charge in [0.15, 0.2) is 0 Å². The van der Waals surface area contributed by atoms with Gasteiger partial charge in [-0.1, -0.05) is 54.0 Å². The van der Waals surface area contributed by atoms with Crippen LogP contribution in [-0.4, -0.2) is 10.1 Å². The second-order valence-electron chi connectivity index (χ2n) is 5.28. The Balaban J connectivity index is 2.35. The van der Waals surface area contributed by atoms with E-state index in [2.05, 4.69) is 26.1 Å². The van der Waals surface area contributed by atoms with Crippen molar-refractivity contribution in [2.24, 2.45) is 11.1 Å². The normalized spacial score (nSPS) is 13.6. The molecule has 0 saturated carbocycles. The summed E-state index contributed by atoms with van der Waals surface area (Å²) in [6, 6.07) is 7.47. The van der Waals surface area contributed by atoms with Gasteiger partial charge in [-0.3, -0.25) is 0 Å². The van der Waals surface area contributed by atoms with Crippen molar-refractivity contribution in [3.8, 4) is 11.4 Å². The molecule has 1 atom stereocenters. The summed E-state index contributed by atoms with van der Waals surface area (Å²) in [6.07, 6.45) is 0. The molecule has 0 saturated heterocycles. The van der Waals surface area contributed by atoms with Gasteiger partial charge < -0.3 is 10.3 Å². The molecule has 2 N–H and O–H groups in total. The first-order chi connectivity index (χ1) is 8.39. The molecule has 2 aromatic rings. The van der Waals surface area contributed by atoms with Crippen LogP contribution in [0.4, 0.5) is 0 Å². The molecule has 0 fully saturated rings. The van der Waals surface area contributed by atoms with Gasteiger partial charge >= 0.3 is 0 Å². The number of halogens is 1. The third-order valence-electron chi connectivity index (χ3n) is 2.76. The molecule has 1 heterocycles. The second kappa shape index (κ2) is 4.82. The molecule has 1 aromatic carbocycles. The average molecular weight is 310 g/mol. The average Bonchev–Trinajstić information content (AvgIpc) is 2.76. The topological polar surface area (TPSA) is 64.9 Å². The Bertz CT molecular complexity index is 545. The van der Waals surface area contributed by atoms with Gasteiger partial charge in [-0.05, 0) is 17.5 Å². The van der Waals surface area contributed by atoms with E-state index in [1.165, 1.54) is 0 Å². The SMILES string of the molecule is CC(C)(C)[C@H](N)c1nc(-c2ccccc2Br)no1. The quantitative estimate of drug-likeness (QED) is 0.921. The van der Waals surface area contributed by atoms with E-state index in [1.54, 1.807) is 0 Å². The van der Waals surface area contributed by atoms with Crippen molar-refractivity contribution in [2.75, 3.05) is 0 Å². The zero-order chi connectivity index (χ0) is 13.3. The lowest BCUT2D eigenvalue weighted by Gasteiger charge is -2.23. The first kappa shape index (κ1) is 13.2. The maximum atomic E-state index is 6.09. The van der Waals surface area contributed by atoms with E-state index < -0.39 is 0 Å². The van der Waals surface area contributed by atoms with E-state index >= 15 is 0 Å². The Morgan fingerprint density at radius 2 is 1.94 bits per heavy atom. The van der Waals surface area contributed by atoms with Crippen LogP contribution in [0, 0.1) is 5.41 Å². The van der Waals surface area contributed by atoms with Gasteiger partial charge in [-0.2, -0.15) is 4.98 Å². The standard InChI is InChI=1S/C13H16BrN3O/c1-13(2,3)10(15)12-16-11(17-18-12)8-6-4-5-7-9(8)14/h4-7,10H,15H2,1-3H3/t10-/m1/s1. The molecular weight excluding hydrogens is 294 g/mol. The van der Waals surface area contributed by atoms with Gasteiger partial charge in [-0.15, -0.1) is 0 Å². The highest BCUT2D eigenvalue weighted by atomic mass is 79.9. The van der Waals surface area contributed by atoms with Gasteiger partial charge in [0.25, 0.3) is 0 Å². The Hall–Kier alpha value is -1.20. The van der Waals surface area contributed by atoms with E-state index in [9.17, 15) is 0 Å². The molecule has 18 heavy (non-hydrogen) atoms. The van der Waals surface area contributed by atoms with E-state index in [0.717, 1.165) is 10.0 Å². The molecule has 0 aliphatic carbocycles. The van der Waals surface area contributed by atoms with Gasteiger partial charge in [0.1, 0.15) is 0 Å². The van der Waals surface area contributed by atoms with Gasteiger partial charge in [-0.25, -0.2) is 0 Å². The third-order valence-corrected chi connectivity index (χ3v) is 3.45. The van der Waals surface area contributed by atoms with Crippen molar-refractivity contribution in [1.82, 2.24) is 10.1 Å². The molecule has 0 bridgehead atoms. The number of aromatic nitrogens is 2. The molecule has 0 aliphatic rings. The highest BCUT2D eigenvalue weighted by Gasteiger charge is 2.27. The summed E-state index contributed by atoms with van der Waals surface area (Å²) in [5, 5.41) is 3.99. The fourth-order valence-electron chi connectivity index (χ4n) is 1.48. The van der Waals surface area contributed by atoms with Crippen LogP contribution in [-0.2, 0) is 0 Å². The molecule has 4 nitrogen and oxygen atoms in total. The number of nitrogens with zero attached hydrogens (tertiary/aromatic N) is 2. The van der Waals surface area contributed by atoms with Gasteiger partial charge in [0.05, 0.1) is 6.04 Å². The molecule has 0 amide bonds. The fourth-order valence-corrected chi connectivity index (χ4v) is 1.95. The van der Waals surface area contributed by atoms with Crippen molar-refractivity contribution in [3.05, 3.63) is 34.6 Å². The molecule has 5 heteroatoms. The smallest absolute Gasteiger partial charge is 0.244 e. The highest BCUT2D eigenvalue weighted by molar-refractivity contribution is 9.10. The maximum Gasteiger partial charge on any atom is 0.244 e. The summed E-state index contributed by atoms with van der Waals surface area (Å²) in [7, 11) is 0. The lowest BCUT2D eigenvalue weighted by molar-refractivity contribution is 0.253. The maximum absolute atomic E-state index is 6.09. The number of nitrogens with two attached hydrogens (primary N) is 1. The first-order valence-corrected chi connectivity index (χ1v) is 6.53. The fraction of sp³-hybridized carbons (Fsp3) is 0.385. The second-order valence-corrected chi connectivity index (χ2v) is 6.13. The molecular formula is C13H16BrN3O. The van der Waals surface area contributed by atoms with E-state index in [4.69, 9.17) is 10.3 Å². The van der Waals surface area contributed by atoms with Crippen molar-refractivity contribution < 1.29 is 4.52 Å². The van der Waals surface area contributed by atoms with Crippen molar-refractivity contribution in [1.29, 1.82) is 0 Å². The monoisotopic (exact) mass is 309 g/mol. The van der Waals surface area contributed by atoms with Crippen LogP contribution < -0.4 is 5.73 Å². The molecule has 1 aromatic heterocycles. The molecule has 2 rings (SSSR count). The minimum atomic E-state index is -0.277. The van der Waals surface area contributed by atoms with Crippen LogP contribution in [0.5, 0.6) is 0 Å². The van der Waals surface area contributed by atoms with Crippen LogP contribution in [0.1, 0.15) is 32.7 Å². The van der Waals surface area contributed by atoms with Crippen LogP contribution in [0.15, 0.2) is 33.3 Å². The summed E-state index contributed by atoms with van der Waals surface area (Å²) < 4.78 is 6.19. The highest BCUT2D eigenvalue weighted by Crippen LogP contribution is 2.31. The van der Waals surface area contributed by atoms with E-state index in [0.29, 0.717) is 11.7 Å². The van der Waals surface area contributed by atoms with Crippen LogP contribution in [0.3, 0.4) is 0 Å². The first-order valence-electron chi connectivity index (χ1n) is 5.73. The zero-order valence-electron chi connectivity index (χ0n) is 10.6. The molecule has 0 unspecified atom stereocenters. The molecule has 0 radical (unpaired) electrons. The summed E-state index contributed by atoms with van der Waals surface area (Å²) in [5.74, 6) is 1.02. The predicted octanol–water partition coefficient (Wildman–Crippen LogP) is 3.55. The number of hydrogen-bond donors (Lipinski definition) is 1. The summed E-state index contributed by atoms with van der Waals surface area (Å²) >= 11 is 3.47. The molecule has 0 aliphatic heterocycles. The summed E-state index contributed by atoms with van der Waals surface area (Å²) in [6.45, 7) is 6.12. The Morgan fingerprint density at radius 3 is 2.56 bits per heavy atom. The Morgan fingerprint density at radius 1 is 1.28 bits per heavy atom. The van der Waals surface area contributed by atoms with Gasteiger partial charge in [0, 0.05) is 10.0 Å². The largest absolute Gasteiger partial charge is 0.337 e. The Kier molecular flexibility index (Phi) is 3.54. The lowest BCUT2D eigenvalue weighted by atomic mass is 9.87. The van der Waals surface area contributed by atoms with Crippen LogP contribution in [0.25, 0.3) is 11.4 Å². The van der Waals surface area contributed by atoms with Crippen molar-refractivity contribution in [2.45, 2.75) is 26.8 Å². The number of benzene rings is 1. The zero-order valence-corrected chi connectivity index (χ0v) is 12.2. The minimum absolute atomic E-state index is 0.113. The van der Waals surface area contributed by atoms with E-state index in [-0.39, 0.29) is 11.5 Å².